The van der Waals surface area contributed by atoms with Crippen LogP contribution in [0.3, 0.4) is 0 Å². The van der Waals surface area contributed by atoms with Crippen molar-refractivity contribution in [3.63, 3.8) is 0 Å². The summed E-state index contributed by atoms with van der Waals surface area (Å²) in [5.41, 5.74) is 8.67. The van der Waals surface area contributed by atoms with Gasteiger partial charge >= 0.3 is 0 Å². The van der Waals surface area contributed by atoms with Crippen molar-refractivity contribution in [3.05, 3.63) is 36.4 Å². The Morgan fingerprint density at radius 1 is 1.25 bits per heavy atom. The molecule has 144 valence electrons. The molecule has 2 unspecified atom stereocenters. The SMILES string of the molecule is CCOc1cc(-c2cnc(N3CC4C(N)C4C3)cn2)c2c(C#N)cnn2c1.Cl. The Kier molecular flexibility index (Phi) is 4.57. The van der Waals surface area contributed by atoms with E-state index in [1.54, 1.807) is 29.3 Å². The quantitative estimate of drug-likeness (QED) is 0.716. The maximum Gasteiger partial charge on any atom is 0.147 e. The van der Waals surface area contributed by atoms with Crippen LogP contribution in [0.4, 0.5) is 5.82 Å². The molecule has 1 aliphatic heterocycles. The van der Waals surface area contributed by atoms with Crippen LogP contribution in [-0.2, 0) is 0 Å². The average molecular weight is 398 g/mol. The zero-order valence-corrected chi connectivity index (χ0v) is 16.1. The van der Waals surface area contributed by atoms with Gasteiger partial charge in [0.15, 0.2) is 0 Å². The van der Waals surface area contributed by atoms with Crippen molar-refractivity contribution in [2.24, 2.45) is 17.6 Å². The Morgan fingerprint density at radius 3 is 2.68 bits per heavy atom. The van der Waals surface area contributed by atoms with E-state index in [-0.39, 0.29) is 12.4 Å². The van der Waals surface area contributed by atoms with E-state index in [0.29, 0.717) is 47.0 Å². The van der Waals surface area contributed by atoms with Crippen molar-refractivity contribution in [3.8, 4) is 23.1 Å². The first-order valence-electron chi connectivity index (χ1n) is 9.07. The summed E-state index contributed by atoms with van der Waals surface area (Å²) in [5.74, 6) is 2.73. The number of nitriles is 1. The van der Waals surface area contributed by atoms with Gasteiger partial charge in [-0.3, -0.25) is 4.98 Å². The minimum absolute atomic E-state index is 0. The summed E-state index contributed by atoms with van der Waals surface area (Å²) >= 11 is 0. The molecule has 5 rings (SSSR count). The van der Waals surface area contributed by atoms with Crippen molar-refractivity contribution in [2.75, 3.05) is 24.6 Å². The van der Waals surface area contributed by atoms with Gasteiger partial charge in [-0.05, 0) is 24.8 Å². The second kappa shape index (κ2) is 6.93. The van der Waals surface area contributed by atoms with Crippen LogP contribution < -0.4 is 15.4 Å². The number of nitrogens with two attached hydrogens (primary N) is 1. The number of halogens is 1. The second-order valence-corrected chi connectivity index (χ2v) is 7.06. The molecule has 0 amide bonds. The van der Waals surface area contributed by atoms with Crippen LogP contribution in [0, 0.1) is 23.2 Å². The maximum atomic E-state index is 9.42. The monoisotopic (exact) mass is 397 g/mol. The van der Waals surface area contributed by atoms with Crippen molar-refractivity contribution in [1.29, 1.82) is 5.26 Å². The van der Waals surface area contributed by atoms with Gasteiger partial charge in [-0.25, -0.2) is 9.50 Å². The molecule has 3 aromatic heterocycles. The molecule has 0 aromatic carbocycles. The van der Waals surface area contributed by atoms with Crippen LogP contribution in [-0.4, -0.2) is 45.3 Å². The number of aromatic nitrogens is 4. The number of fused-ring (bicyclic) bond motifs is 2. The summed E-state index contributed by atoms with van der Waals surface area (Å²) in [4.78, 5) is 11.5. The lowest BCUT2D eigenvalue weighted by Gasteiger charge is -2.19. The molecule has 4 heterocycles. The van der Waals surface area contributed by atoms with Gasteiger partial charge in [0.2, 0.25) is 0 Å². The minimum atomic E-state index is 0. The zero-order valence-electron chi connectivity index (χ0n) is 15.3. The minimum Gasteiger partial charge on any atom is -0.492 e. The molecular weight excluding hydrogens is 378 g/mol. The summed E-state index contributed by atoms with van der Waals surface area (Å²) in [6.45, 7) is 4.37. The second-order valence-electron chi connectivity index (χ2n) is 7.06. The molecule has 2 atom stereocenters. The molecule has 0 spiro atoms. The molecule has 1 aliphatic carbocycles. The van der Waals surface area contributed by atoms with Crippen LogP contribution in [0.25, 0.3) is 16.8 Å². The van der Waals surface area contributed by atoms with E-state index in [0.717, 1.165) is 24.5 Å². The predicted octanol–water partition coefficient (Wildman–Crippen LogP) is 1.88. The topological polar surface area (TPSA) is 105 Å². The predicted molar refractivity (Wildman–Crippen MR) is 107 cm³/mol. The first kappa shape index (κ1) is 18.5. The highest BCUT2D eigenvalue weighted by molar-refractivity contribution is 5.85. The average Bonchev–Trinajstić information content (AvgIpc) is 3.09. The molecule has 9 heteroatoms. The van der Waals surface area contributed by atoms with Crippen molar-refractivity contribution in [1.82, 2.24) is 19.6 Å². The molecule has 1 saturated heterocycles. The van der Waals surface area contributed by atoms with Gasteiger partial charge in [0.05, 0.1) is 48.2 Å². The lowest BCUT2D eigenvalue weighted by Crippen LogP contribution is -2.28. The molecule has 2 fully saturated rings. The summed E-state index contributed by atoms with van der Waals surface area (Å²) in [6.07, 6.45) is 6.86. The van der Waals surface area contributed by atoms with Gasteiger partial charge in [-0.1, -0.05) is 0 Å². The first-order valence-corrected chi connectivity index (χ1v) is 9.07. The highest BCUT2D eigenvalue weighted by Crippen LogP contribution is 2.44. The Labute approximate surface area is 168 Å². The van der Waals surface area contributed by atoms with Gasteiger partial charge in [-0.2, -0.15) is 10.4 Å². The number of nitrogens with zero attached hydrogens (tertiary/aromatic N) is 6. The smallest absolute Gasteiger partial charge is 0.147 e. The molecular formula is C19H20ClN7O. The zero-order chi connectivity index (χ0) is 18.5. The number of hydrogen-bond donors (Lipinski definition) is 1. The highest BCUT2D eigenvalue weighted by atomic mass is 35.5. The third-order valence-electron chi connectivity index (χ3n) is 5.52. The molecule has 1 saturated carbocycles. The Morgan fingerprint density at radius 2 is 2.04 bits per heavy atom. The molecule has 0 radical (unpaired) electrons. The lowest BCUT2D eigenvalue weighted by molar-refractivity contribution is 0.338. The van der Waals surface area contributed by atoms with Gasteiger partial charge in [0.1, 0.15) is 17.6 Å². The van der Waals surface area contributed by atoms with Gasteiger partial charge in [0.25, 0.3) is 0 Å². The summed E-state index contributed by atoms with van der Waals surface area (Å²) in [7, 11) is 0. The first-order chi connectivity index (χ1) is 13.2. The fourth-order valence-electron chi connectivity index (χ4n) is 4.00. The fraction of sp³-hybridized carbons (Fsp3) is 0.368. The van der Waals surface area contributed by atoms with E-state index >= 15 is 0 Å². The van der Waals surface area contributed by atoms with Gasteiger partial charge < -0.3 is 15.4 Å². The number of hydrogen-bond acceptors (Lipinski definition) is 7. The van der Waals surface area contributed by atoms with E-state index in [1.807, 2.05) is 13.0 Å². The molecule has 2 N–H and O–H groups in total. The number of rotatable bonds is 4. The molecule has 8 nitrogen and oxygen atoms in total. The van der Waals surface area contributed by atoms with Gasteiger partial charge in [0, 0.05) is 24.7 Å². The van der Waals surface area contributed by atoms with Crippen LogP contribution in [0.1, 0.15) is 12.5 Å². The number of piperidine rings is 1. The van der Waals surface area contributed by atoms with Crippen LogP contribution in [0.2, 0.25) is 0 Å². The van der Waals surface area contributed by atoms with E-state index in [2.05, 4.69) is 26.0 Å². The Hall–Kier alpha value is -2.89. The normalized spacial score (nSPS) is 22.5. The standard InChI is InChI=1S/C19H19N7O.ClH/c1-2-27-12-3-13(19-11(4-20)5-24-26(19)8-12)16-6-23-17(7-22-16)25-9-14-15(10-25)18(14)21;/h3,5-8,14-15,18H,2,9-10,21H2,1H3;1H. The lowest BCUT2D eigenvalue weighted by atomic mass is 10.1. The van der Waals surface area contributed by atoms with E-state index < -0.39 is 0 Å². The Bertz CT molecular complexity index is 1050. The van der Waals surface area contributed by atoms with E-state index in [1.165, 1.54) is 0 Å². The van der Waals surface area contributed by atoms with E-state index in [4.69, 9.17) is 10.5 Å². The molecule has 2 aliphatic rings. The molecule has 28 heavy (non-hydrogen) atoms. The number of ether oxygens (including phenoxy) is 1. The highest BCUT2D eigenvalue weighted by Gasteiger charge is 2.53. The molecule has 0 bridgehead atoms. The van der Waals surface area contributed by atoms with Crippen LogP contribution >= 0.6 is 12.4 Å². The van der Waals surface area contributed by atoms with Crippen LogP contribution in [0.15, 0.2) is 30.9 Å². The Balaban J connectivity index is 0.00000192. The third kappa shape index (κ3) is 2.84. The number of pyridine rings is 1. The summed E-state index contributed by atoms with van der Waals surface area (Å²) in [5, 5.41) is 13.7. The maximum absolute atomic E-state index is 9.42. The van der Waals surface area contributed by atoms with Gasteiger partial charge in [-0.15, -0.1) is 12.4 Å². The van der Waals surface area contributed by atoms with Crippen LogP contribution in [0.5, 0.6) is 5.75 Å². The summed E-state index contributed by atoms with van der Waals surface area (Å²) < 4.78 is 7.30. The number of anilines is 1. The largest absolute Gasteiger partial charge is 0.492 e. The fourth-order valence-corrected chi connectivity index (χ4v) is 4.00. The summed E-state index contributed by atoms with van der Waals surface area (Å²) in [6, 6.07) is 4.43. The third-order valence-corrected chi connectivity index (χ3v) is 5.52. The van der Waals surface area contributed by atoms with Crippen molar-refractivity contribution < 1.29 is 4.74 Å². The van der Waals surface area contributed by atoms with Crippen molar-refractivity contribution >= 4 is 23.7 Å². The molecule has 3 aromatic rings. The van der Waals surface area contributed by atoms with Crippen molar-refractivity contribution in [2.45, 2.75) is 13.0 Å². The van der Waals surface area contributed by atoms with E-state index in [9.17, 15) is 5.26 Å².